The average Bonchev–Trinajstić information content (AvgIpc) is 3.36. The predicted molar refractivity (Wildman–Crippen MR) is 92.5 cm³/mol. The Bertz CT molecular complexity index is 739. The van der Waals surface area contributed by atoms with E-state index in [1.165, 1.54) is 0 Å². The van der Waals surface area contributed by atoms with Gasteiger partial charge in [0, 0.05) is 6.42 Å². The standard InChI is InChI=1S/C20H20N2O2/c23-20(18-13-17(22-24-18)14-7-3-1-4-8-14)21-19(16-11-12-16)15-9-5-2-6-10-15/h1-10,16,18-19H,11-13H2,(H,21,23)/t18-,19+/m1/s1. The molecule has 4 rings (SSSR count). The lowest BCUT2D eigenvalue weighted by Crippen LogP contribution is -2.38. The van der Waals surface area contributed by atoms with Crippen molar-refractivity contribution in [2.75, 3.05) is 0 Å². The van der Waals surface area contributed by atoms with Crippen molar-refractivity contribution in [2.24, 2.45) is 11.1 Å². The lowest BCUT2D eigenvalue weighted by atomic mass is 10.0. The number of hydrogen-bond donors (Lipinski definition) is 1. The Morgan fingerprint density at radius 3 is 2.38 bits per heavy atom. The molecule has 0 saturated heterocycles. The van der Waals surface area contributed by atoms with Gasteiger partial charge in [-0.1, -0.05) is 65.8 Å². The van der Waals surface area contributed by atoms with Crippen LogP contribution in [0, 0.1) is 5.92 Å². The molecule has 24 heavy (non-hydrogen) atoms. The van der Waals surface area contributed by atoms with Gasteiger partial charge in [-0.3, -0.25) is 4.79 Å². The molecule has 4 nitrogen and oxygen atoms in total. The number of nitrogens with zero attached hydrogens (tertiary/aromatic N) is 1. The Morgan fingerprint density at radius 2 is 1.71 bits per heavy atom. The minimum Gasteiger partial charge on any atom is -0.382 e. The lowest BCUT2D eigenvalue weighted by Gasteiger charge is -2.20. The number of oxime groups is 1. The van der Waals surface area contributed by atoms with E-state index in [4.69, 9.17) is 4.84 Å². The third kappa shape index (κ3) is 3.18. The minimum atomic E-state index is -0.537. The Hall–Kier alpha value is -2.62. The van der Waals surface area contributed by atoms with E-state index in [0.29, 0.717) is 12.3 Å². The first-order chi connectivity index (χ1) is 11.8. The van der Waals surface area contributed by atoms with E-state index in [0.717, 1.165) is 29.7 Å². The van der Waals surface area contributed by atoms with Gasteiger partial charge < -0.3 is 10.2 Å². The highest BCUT2D eigenvalue weighted by molar-refractivity contribution is 6.04. The number of benzene rings is 2. The highest BCUT2D eigenvalue weighted by atomic mass is 16.6. The van der Waals surface area contributed by atoms with Crippen LogP contribution in [0.2, 0.25) is 0 Å². The van der Waals surface area contributed by atoms with Crippen molar-refractivity contribution >= 4 is 11.6 Å². The first kappa shape index (κ1) is 14.9. The van der Waals surface area contributed by atoms with Gasteiger partial charge >= 0.3 is 0 Å². The molecule has 0 aromatic heterocycles. The molecule has 2 aromatic carbocycles. The molecule has 0 unspecified atom stereocenters. The van der Waals surface area contributed by atoms with Gasteiger partial charge in [0.05, 0.1) is 11.8 Å². The molecular weight excluding hydrogens is 300 g/mol. The second-order valence-corrected chi connectivity index (χ2v) is 6.44. The predicted octanol–water partition coefficient (Wildman–Crippen LogP) is 3.45. The summed E-state index contributed by atoms with van der Waals surface area (Å²) in [5, 5.41) is 7.28. The fourth-order valence-electron chi connectivity index (χ4n) is 3.13. The molecule has 2 atom stereocenters. The maximum atomic E-state index is 12.6. The Kier molecular flexibility index (Phi) is 4.03. The third-order valence-electron chi connectivity index (χ3n) is 4.62. The Balaban J connectivity index is 1.42. The molecule has 0 radical (unpaired) electrons. The van der Waals surface area contributed by atoms with Crippen LogP contribution in [0.5, 0.6) is 0 Å². The lowest BCUT2D eigenvalue weighted by molar-refractivity contribution is -0.132. The molecule has 1 aliphatic heterocycles. The summed E-state index contributed by atoms with van der Waals surface area (Å²) in [5.74, 6) is 0.456. The molecule has 2 aromatic rings. The molecule has 122 valence electrons. The molecular formula is C20H20N2O2. The van der Waals surface area contributed by atoms with Crippen LogP contribution in [-0.2, 0) is 9.63 Å². The zero-order chi connectivity index (χ0) is 16.4. The number of carbonyl (C=O) groups is 1. The molecule has 0 bridgehead atoms. The summed E-state index contributed by atoms with van der Waals surface area (Å²) < 4.78 is 0. The summed E-state index contributed by atoms with van der Waals surface area (Å²) in [5.41, 5.74) is 3.00. The Labute approximate surface area is 141 Å². The largest absolute Gasteiger partial charge is 0.382 e. The fraction of sp³-hybridized carbons (Fsp3) is 0.300. The van der Waals surface area contributed by atoms with E-state index < -0.39 is 6.10 Å². The summed E-state index contributed by atoms with van der Waals surface area (Å²) in [4.78, 5) is 18.0. The molecule has 1 amide bonds. The minimum absolute atomic E-state index is 0.0723. The Morgan fingerprint density at radius 1 is 1.04 bits per heavy atom. The molecule has 1 N–H and O–H groups in total. The number of nitrogens with one attached hydrogen (secondary N) is 1. The van der Waals surface area contributed by atoms with Gasteiger partial charge in [-0.25, -0.2) is 0 Å². The van der Waals surface area contributed by atoms with Crippen LogP contribution in [0.4, 0.5) is 0 Å². The highest BCUT2D eigenvalue weighted by Gasteiger charge is 2.36. The number of carbonyl (C=O) groups excluding carboxylic acids is 1. The van der Waals surface area contributed by atoms with Crippen LogP contribution < -0.4 is 5.32 Å². The van der Waals surface area contributed by atoms with E-state index in [1.807, 2.05) is 48.5 Å². The van der Waals surface area contributed by atoms with Crippen LogP contribution in [-0.4, -0.2) is 17.7 Å². The first-order valence-corrected chi connectivity index (χ1v) is 8.45. The first-order valence-electron chi connectivity index (χ1n) is 8.45. The van der Waals surface area contributed by atoms with Crippen LogP contribution >= 0.6 is 0 Å². The summed E-state index contributed by atoms with van der Waals surface area (Å²) in [7, 11) is 0. The smallest absolute Gasteiger partial charge is 0.264 e. The van der Waals surface area contributed by atoms with E-state index in [2.05, 4.69) is 22.6 Å². The second-order valence-electron chi connectivity index (χ2n) is 6.44. The third-order valence-corrected chi connectivity index (χ3v) is 4.62. The van der Waals surface area contributed by atoms with Crippen molar-refractivity contribution in [3.05, 3.63) is 71.8 Å². The topological polar surface area (TPSA) is 50.7 Å². The fourth-order valence-corrected chi connectivity index (χ4v) is 3.13. The zero-order valence-corrected chi connectivity index (χ0v) is 13.4. The van der Waals surface area contributed by atoms with Crippen molar-refractivity contribution < 1.29 is 9.63 Å². The number of amides is 1. The zero-order valence-electron chi connectivity index (χ0n) is 13.4. The summed E-state index contributed by atoms with van der Waals surface area (Å²) in [6.07, 6.45) is 2.31. The van der Waals surface area contributed by atoms with Crippen LogP contribution in [0.15, 0.2) is 65.8 Å². The molecule has 1 saturated carbocycles. The summed E-state index contributed by atoms with van der Waals surface area (Å²) in [6.45, 7) is 0. The van der Waals surface area contributed by atoms with E-state index in [9.17, 15) is 4.79 Å². The summed E-state index contributed by atoms with van der Waals surface area (Å²) >= 11 is 0. The van der Waals surface area contributed by atoms with Crippen molar-refractivity contribution in [3.8, 4) is 0 Å². The van der Waals surface area contributed by atoms with Gasteiger partial charge in [0.25, 0.3) is 5.91 Å². The van der Waals surface area contributed by atoms with E-state index in [1.54, 1.807) is 0 Å². The van der Waals surface area contributed by atoms with E-state index in [-0.39, 0.29) is 11.9 Å². The van der Waals surface area contributed by atoms with Crippen molar-refractivity contribution in [1.29, 1.82) is 0 Å². The van der Waals surface area contributed by atoms with Crippen molar-refractivity contribution in [1.82, 2.24) is 5.32 Å². The molecule has 2 aliphatic rings. The number of rotatable bonds is 5. The SMILES string of the molecule is O=C(N[C@@H](c1ccccc1)C1CC1)[C@H]1CC(c2ccccc2)=NO1. The summed E-state index contributed by atoms with van der Waals surface area (Å²) in [6, 6.07) is 20.1. The van der Waals surface area contributed by atoms with Crippen molar-refractivity contribution in [2.45, 2.75) is 31.4 Å². The van der Waals surface area contributed by atoms with Crippen LogP contribution in [0.3, 0.4) is 0 Å². The normalized spacial score (nSPS) is 20.8. The molecule has 1 fully saturated rings. The van der Waals surface area contributed by atoms with Gasteiger partial charge in [0.1, 0.15) is 0 Å². The monoisotopic (exact) mass is 320 g/mol. The van der Waals surface area contributed by atoms with E-state index >= 15 is 0 Å². The van der Waals surface area contributed by atoms with Gasteiger partial charge in [0.2, 0.25) is 6.10 Å². The average molecular weight is 320 g/mol. The van der Waals surface area contributed by atoms with Crippen molar-refractivity contribution in [3.63, 3.8) is 0 Å². The maximum Gasteiger partial charge on any atom is 0.264 e. The molecule has 0 spiro atoms. The van der Waals surface area contributed by atoms with Gasteiger partial charge in [0.15, 0.2) is 0 Å². The van der Waals surface area contributed by atoms with Gasteiger partial charge in [-0.05, 0) is 29.9 Å². The quantitative estimate of drug-likeness (QED) is 0.917. The number of hydrogen-bond acceptors (Lipinski definition) is 3. The molecule has 1 heterocycles. The van der Waals surface area contributed by atoms with Gasteiger partial charge in [-0.2, -0.15) is 0 Å². The van der Waals surface area contributed by atoms with Crippen LogP contribution in [0.1, 0.15) is 36.4 Å². The second kappa shape index (κ2) is 6.48. The molecule has 1 aliphatic carbocycles. The molecule has 4 heteroatoms. The van der Waals surface area contributed by atoms with Gasteiger partial charge in [-0.15, -0.1) is 0 Å². The van der Waals surface area contributed by atoms with Crippen LogP contribution in [0.25, 0.3) is 0 Å². The highest BCUT2D eigenvalue weighted by Crippen LogP contribution is 2.41. The maximum absolute atomic E-state index is 12.6.